The molecule has 0 saturated carbocycles. The molecule has 29 heavy (non-hydrogen) atoms. The van der Waals surface area contributed by atoms with Crippen molar-refractivity contribution in [1.82, 2.24) is 13.9 Å². The van der Waals surface area contributed by atoms with Gasteiger partial charge in [0.25, 0.3) is 10.2 Å². The van der Waals surface area contributed by atoms with Crippen LogP contribution in [0.15, 0.2) is 48.5 Å². The van der Waals surface area contributed by atoms with Gasteiger partial charge in [0.05, 0.1) is 6.54 Å². The summed E-state index contributed by atoms with van der Waals surface area (Å²) in [6.07, 6.45) is 1.62. The number of hydrogen-bond acceptors (Lipinski definition) is 3. The van der Waals surface area contributed by atoms with E-state index in [1.54, 1.807) is 0 Å². The molecule has 1 saturated heterocycles. The second kappa shape index (κ2) is 9.67. The SMILES string of the molecule is O=C(CN1CCN(Cc2ccc(F)cc2Cl)S1(=O)=O)NCCCc1ccccc1. The monoisotopic (exact) mass is 439 g/mol. The van der Waals surface area contributed by atoms with Gasteiger partial charge < -0.3 is 5.32 Å². The smallest absolute Gasteiger partial charge is 0.282 e. The number of benzene rings is 2. The Balaban J connectivity index is 1.48. The number of nitrogens with zero attached hydrogens (tertiary/aromatic N) is 2. The summed E-state index contributed by atoms with van der Waals surface area (Å²) in [6, 6.07) is 13.8. The number of rotatable bonds is 8. The Morgan fingerprint density at radius 3 is 2.55 bits per heavy atom. The molecule has 1 aliphatic heterocycles. The van der Waals surface area contributed by atoms with Gasteiger partial charge in [-0.2, -0.15) is 17.0 Å². The fourth-order valence-electron chi connectivity index (χ4n) is 3.16. The van der Waals surface area contributed by atoms with Crippen molar-refractivity contribution < 1.29 is 17.6 Å². The van der Waals surface area contributed by atoms with E-state index in [0.29, 0.717) is 12.1 Å². The van der Waals surface area contributed by atoms with Gasteiger partial charge in [-0.1, -0.05) is 48.0 Å². The van der Waals surface area contributed by atoms with Gasteiger partial charge in [-0.05, 0) is 36.1 Å². The lowest BCUT2D eigenvalue weighted by Crippen LogP contribution is -2.40. The van der Waals surface area contributed by atoms with Crippen molar-refractivity contribution in [1.29, 1.82) is 0 Å². The van der Waals surface area contributed by atoms with Crippen molar-refractivity contribution in [2.45, 2.75) is 19.4 Å². The number of halogens is 2. The first kappa shape index (κ1) is 21.7. The van der Waals surface area contributed by atoms with E-state index in [0.717, 1.165) is 23.2 Å². The highest BCUT2D eigenvalue weighted by molar-refractivity contribution is 7.87. The molecule has 3 rings (SSSR count). The number of carbonyl (C=O) groups excluding carboxylic acids is 1. The van der Waals surface area contributed by atoms with Crippen molar-refractivity contribution in [2.75, 3.05) is 26.2 Å². The molecule has 0 atom stereocenters. The maximum absolute atomic E-state index is 13.2. The highest BCUT2D eigenvalue weighted by Gasteiger charge is 2.37. The zero-order valence-electron chi connectivity index (χ0n) is 15.9. The van der Waals surface area contributed by atoms with Crippen LogP contribution in [-0.4, -0.2) is 49.1 Å². The largest absolute Gasteiger partial charge is 0.355 e. The predicted molar refractivity (Wildman–Crippen MR) is 110 cm³/mol. The summed E-state index contributed by atoms with van der Waals surface area (Å²) in [5.41, 5.74) is 1.71. The third-order valence-corrected chi connectivity index (χ3v) is 7.02. The second-order valence-electron chi connectivity index (χ2n) is 6.85. The molecule has 0 bridgehead atoms. The molecule has 0 aromatic heterocycles. The molecule has 1 N–H and O–H groups in total. The molecule has 1 heterocycles. The van der Waals surface area contributed by atoms with Crippen LogP contribution in [0.25, 0.3) is 0 Å². The van der Waals surface area contributed by atoms with E-state index in [4.69, 9.17) is 11.6 Å². The molecule has 2 aromatic carbocycles. The quantitative estimate of drug-likeness (QED) is 0.643. The van der Waals surface area contributed by atoms with Gasteiger partial charge in [-0.25, -0.2) is 4.39 Å². The lowest BCUT2D eigenvalue weighted by Gasteiger charge is -2.19. The molecule has 0 spiro atoms. The molecular formula is C20H23ClFN3O3S. The van der Waals surface area contributed by atoms with E-state index < -0.39 is 16.0 Å². The van der Waals surface area contributed by atoms with E-state index in [1.807, 2.05) is 30.3 Å². The van der Waals surface area contributed by atoms with Crippen molar-refractivity contribution in [3.63, 3.8) is 0 Å². The molecule has 2 aromatic rings. The third-order valence-electron chi connectivity index (χ3n) is 4.74. The second-order valence-corrected chi connectivity index (χ2v) is 9.19. The number of carbonyl (C=O) groups is 1. The highest BCUT2D eigenvalue weighted by atomic mass is 35.5. The van der Waals surface area contributed by atoms with Crippen LogP contribution >= 0.6 is 11.6 Å². The first-order chi connectivity index (χ1) is 13.9. The lowest BCUT2D eigenvalue weighted by atomic mass is 10.1. The van der Waals surface area contributed by atoms with Crippen molar-refractivity contribution in [3.05, 3.63) is 70.5 Å². The summed E-state index contributed by atoms with van der Waals surface area (Å²) in [4.78, 5) is 12.2. The first-order valence-electron chi connectivity index (χ1n) is 9.36. The van der Waals surface area contributed by atoms with Gasteiger partial charge in [0.15, 0.2) is 0 Å². The molecule has 0 aliphatic carbocycles. The first-order valence-corrected chi connectivity index (χ1v) is 11.1. The molecule has 9 heteroatoms. The summed E-state index contributed by atoms with van der Waals surface area (Å²) in [5.74, 6) is -0.808. The third kappa shape index (κ3) is 5.76. The molecular weight excluding hydrogens is 417 g/mol. The van der Waals surface area contributed by atoms with Crippen LogP contribution in [0.1, 0.15) is 17.5 Å². The molecule has 1 aliphatic rings. The number of aryl methyl sites for hydroxylation is 1. The Morgan fingerprint density at radius 2 is 1.83 bits per heavy atom. The molecule has 1 amide bonds. The maximum atomic E-state index is 13.2. The Labute approximate surface area is 175 Å². The Bertz CT molecular complexity index is 957. The summed E-state index contributed by atoms with van der Waals surface area (Å²) in [7, 11) is -3.77. The predicted octanol–water partition coefficient (Wildman–Crippen LogP) is 2.59. The van der Waals surface area contributed by atoms with Crippen molar-refractivity contribution in [2.24, 2.45) is 0 Å². The van der Waals surface area contributed by atoms with Gasteiger partial charge >= 0.3 is 0 Å². The summed E-state index contributed by atoms with van der Waals surface area (Å²) < 4.78 is 40.9. The van der Waals surface area contributed by atoms with Gasteiger partial charge in [-0.3, -0.25) is 4.79 Å². The van der Waals surface area contributed by atoms with E-state index >= 15 is 0 Å². The van der Waals surface area contributed by atoms with Crippen LogP contribution in [0.5, 0.6) is 0 Å². The van der Waals surface area contributed by atoms with Crippen LogP contribution < -0.4 is 5.32 Å². The Morgan fingerprint density at radius 1 is 1.10 bits per heavy atom. The maximum Gasteiger partial charge on any atom is 0.282 e. The molecule has 0 radical (unpaired) electrons. The average Bonchev–Trinajstić information content (AvgIpc) is 2.96. The Hall–Kier alpha value is -2.00. The zero-order valence-corrected chi connectivity index (χ0v) is 17.4. The van der Waals surface area contributed by atoms with Crippen molar-refractivity contribution >= 4 is 27.7 Å². The number of amides is 1. The van der Waals surface area contributed by atoms with Crippen LogP contribution in [0.2, 0.25) is 5.02 Å². The minimum absolute atomic E-state index is 0.0383. The minimum atomic E-state index is -3.77. The molecule has 0 unspecified atom stereocenters. The summed E-state index contributed by atoms with van der Waals surface area (Å²) in [6.45, 7) is 0.768. The van der Waals surface area contributed by atoms with Crippen LogP contribution in [-0.2, 0) is 28.0 Å². The number of nitrogens with one attached hydrogen (secondary N) is 1. The van der Waals surface area contributed by atoms with Gasteiger partial charge in [0, 0.05) is 31.2 Å². The standard InChI is InChI=1S/C20H23ClFN3O3S/c21-19-13-18(22)9-8-17(19)14-24-11-12-25(29(24,27)28)15-20(26)23-10-4-7-16-5-2-1-3-6-16/h1-3,5-6,8-9,13H,4,7,10-12,14-15H2,(H,23,26). The normalized spacial score (nSPS) is 16.8. The zero-order chi connectivity index (χ0) is 20.9. The van der Waals surface area contributed by atoms with E-state index in [2.05, 4.69) is 5.32 Å². The van der Waals surface area contributed by atoms with Crippen molar-refractivity contribution in [3.8, 4) is 0 Å². The molecule has 1 fully saturated rings. The molecule has 6 nitrogen and oxygen atoms in total. The van der Waals surface area contributed by atoms with E-state index in [9.17, 15) is 17.6 Å². The van der Waals surface area contributed by atoms with E-state index in [-0.39, 0.29) is 37.1 Å². The fourth-order valence-corrected chi connectivity index (χ4v) is 4.92. The van der Waals surface area contributed by atoms with E-state index in [1.165, 1.54) is 22.0 Å². The van der Waals surface area contributed by atoms with Crippen LogP contribution in [0, 0.1) is 5.82 Å². The highest BCUT2D eigenvalue weighted by Crippen LogP contribution is 2.24. The summed E-state index contributed by atoms with van der Waals surface area (Å²) >= 11 is 6.00. The van der Waals surface area contributed by atoms with Gasteiger partial charge in [0.2, 0.25) is 5.91 Å². The minimum Gasteiger partial charge on any atom is -0.355 e. The topological polar surface area (TPSA) is 69.7 Å². The average molecular weight is 440 g/mol. The molecule has 156 valence electrons. The lowest BCUT2D eigenvalue weighted by molar-refractivity contribution is -0.121. The summed E-state index contributed by atoms with van der Waals surface area (Å²) in [5, 5.41) is 2.95. The fraction of sp³-hybridized carbons (Fsp3) is 0.350. The van der Waals surface area contributed by atoms with Crippen LogP contribution in [0.3, 0.4) is 0 Å². The Kier molecular flexibility index (Phi) is 7.23. The van der Waals surface area contributed by atoms with Gasteiger partial charge in [-0.15, -0.1) is 0 Å². The van der Waals surface area contributed by atoms with Gasteiger partial charge in [0.1, 0.15) is 5.82 Å². The number of hydrogen-bond donors (Lipinski definition) is 1. The van der Waals surface area contributed by atoms with Crippen LogP contribution in [0.4, 0.5) is 4.39 Å².